The molecule has 1 aromatic carbocycles. The van der Waals surface area contributed by atoms with Gasteiger partial charge in [-0.15, -0.1) is 5.10 Å². The van der Waals surface area contributed by atoms with Crippen LogP contribution >= 0.6 is 0 Å². The Morgan fingerprint density at radius 1 is 1.38 bits per heavy atom. The predicted molar refractivity (Wildman–Crippen MR) is 110 cm³/mol. The smallest absolute Gasteiger partial charge is 0.414 e. The van der Waals surface area contributed by atoms with Crippen molar-refractivity contribution in [2.45, 2.75) is 19.1 Å². The third-order valence-electron chi connectivity index (χ3n) is 4.85. The average molecular weight is 441 g/mol. The van der Waals surface area contributed by atoms with E-state index < -0.39 is 30.0 Å². The van der Waals surface area contributed by atoms with Crippen molar-refractivity contribution in [3.8, 4) is 22.6 Å². The molecule has 1 aliphatic heterocycles. The fourth-order valence-electron chi connectivity index (χ4n) is 3.16. The van der Waals surface area contributed by atoms with Gasteiger partial charge in [0.25, 0.3) is 0 Å². The number of carbonyl (C=O) groups is 2. The zero-order valence-corrected chi connectivity index (χ0v) is 17.3. The molecule has 12 heteroatoms. The van der Waals surface area contributed by atoms with Gasteiger partial charge in [0, 0.05) is 24.4 Å². The standard InChI is InChI=1S/C20H20FN7O4/c1-11(22)19(29)31-10-14-9-28(20(30)32-14)13-4-5-15(16(21)7-13)12-3-6-17(23-8-12)18-24-25-26-27(18)2/h3-8,11,14H,9-10,22H2,1-2H3/t11-,14+/m0/s1. The summed E-state index contributed by atoms with van der Waals surface area (Å²) in [5, 5.41) is 11.2. The van der Waals surface area contributed by atoms with Gasteiger partial charge in [0.2, 0.25) is 0 Å². The average Bonchev–Trinajstić information content (AvgIpc) is 3.37. The maximum atomic E-state index is 14.9. The van der Waals surface area contributed by atoms with E-state index >= 15 is 0 Å². The number of benzene rings is 1. The molecule has 2 aromatic heterocycles. The molecule has 0 unspecified atom stereocenters. The molecule has 0 bridgehead atoms. The quantitative estimate of drug-likeness (QED) is 0.561. The number of nitrogens with two attached hydrogens (primary N) is 1. The third-order valence-corrected chi connectivity index (χ3v) is 4.85. The van der Waals surface area contributed by atoms with Crippen molar-refractivity contribution in [3.63, 3.8) is 0 Å². The molecule has 1 aliphatic rings. The molecule has 11 nitrogen and oxygen atoms in total. The van der Waals surface area contributed by atoms with Gasteiger partial charge in [0.15, 0.2) is 11.9 Å². The van der Waals surface area contributed by atoms with Crippen LogP contribution in [0.3, 0.4) is 0 Å². The number of halogens is 1. The first kappa shape index (κ1) is 21.3. The molecular formula is C20H20FN7O4. The van der Waals surface area contributed by atoms with Crippen LogP contribution < -0.4 is 10.6 Å². The Morgan fingerprint density at radius 3 is 2.81 bits per heavy atom. The molecule has 1 saturated heterocycles. The Bertz CT molecular complexity index is 1150. The molecule has 166 valence electrons. The SMILES string of the molecule is C[C@H](N)C(=O)OC[C@H]1CN(c2ccc(-c3ccc(-c4nnnn4C)nc3)c(F)c2)C(=O)O1. The summed E-state index contributed by atoms with van der Waals surface area (Å²) in [4.78, 5) is 29.3. The Hall–Kier alpha value is -3.93. The number of rotatable bonds is 6. The van der Waals surface area contributed by atoms with Crippen molar-refractivity contribution in [1.29, 1.82) is 0 Å². The van der Waals surface area contributed by atoms with Gasteiger partial charge in [-0.3, -0.25) is 14.7 Å². The summed E-state index contributed by atoms with van der Waals surface area (Å²) < 4.78 is 26.5. The molecule has 0 aliphatic carbocycles. The molecule has 3 aromatic rings. The van der Waals surface area contributed by atoms with Gasteiger partial charge in [-0.2, -0.15) is 0 Å². The summed E-state index contributed by atoms with van der Waals surface area (Å²) in [6.07, 6.45) is 0.205. The van der Waals surface area contributed by atoms with Crippen LogP contribution in [0.2, 0.25) is 0 Å². The Morgan fingerprint density at radius 2 is 2.19 bits per heavy atom. The Kier molecular flexibility index (Phi) is 5.77. The number of esters is 1. The molecule has 2 N–H and O–H groups in total. The number of pyridine rings is 1. The monoisotopic (exact) mass is 441 g/mol. The molecule has 0 radical (unpaired) electrons. The van der Waals surface area contributed by atoms with Crippen LogP contribution in [0.1, 0.15) is 6.92 Å². The van der Waals surface area contributed by atoms with E-state index in [0.717, 1.165) is 0 Å². The van der Waals surface area contributed by atoms with Gasteiger partial charge < -0.3 is 15.2 Å². The first-order chi connectivity index (χ1) is 15.3. The Balaban J connectivity index is 1.47. The molecule has 0 saturated carbocycles. The second-order valence-corrected chi connectivity index (χ2v) is 7.26. The zero-order valence-electron chi connectivity index (χ0n) is 17.3. The zero-order chi connectivity index (χ0) is 22.8. The number of ether oxygens (including phenoxy) is 2. The lowest BCUT2D eigenvalue weighted by Gasteiger charge is -2.14. The summed E-state index contributed by atoms with van der Waals surface area (Å²) in [6.45, 7) is 1.49. The van der Waals surface area contributed by atoms with Crippen molar-refractivity contribution < 1.29 is 23.5 Å². The highest BCUT2D eigenvalue weighted by atomic mass is 19.1. The van der Waals surface area contributed by atoms with E-state index in [0.29, 0.717) is 28.3 Å². The fraction of sp³-hybridized carbons (Fsp3) is 0.300. The van der Waals surface area contributed by atoms with Gasteiger partial charge in [-0.25, -0.2) is 13.9 Å². The fourth-order valence-corrected chi connectivity index (χ4v) is 3.16. The van der Waals surface area contributed by atoms with Crippen molar-refractivity contribution in [3.05, 3.63) is 42.3 Å². The number of carbonyl (C=O) groups excluding carboxylic acids is 2. The molecule has 1 fully saturated rings. The largest absolute Gasteiger partial charge is 0.461 e. The van der Waals surface area contributed by atoms with Crippen LogP contribution in [-0.2, 0) is 21.3 Å². The second kappa shape index (κ2) is 8.67. The van der Waals surface area contributed by atoms with Crippen LogP contribution in [0, 0.1) is 5.82 Å². The van der Waals surface area contributed by atoms with Crippen molar-refractivity contribution in [1.82, 2.24) is 25.2 Å². The van der Waals surface area contributed by atoms with E-state index in [1.165, 1.54) is 28.8 Å². The number of aromatic nitrogens is 5. The van der Waals surface area contributed by atoms with Gasteiger partial charge in [-0.1, -0.05) is 6.07 Å². The van der Waals surface area contributed by atoms with E-state index in [2.05, 4.69) is 20.5 Å². The number of cyclic esters (lactones) is 1. The summed E-state index contributed by atoms with van der Waals surface area (Å²) in [5.74, 6) is -0.636. The van der Waals surface area contributed by atoms with Crippen LogP contribution in [0.5, 0.6) is 0 Å². The van der Waals surface area contributed by atoms with Crippen molar-refractivity contribution in [2.75, 3.05) is 18.1 Å². The highest BCUT2D eigenvalue weighted by Crippen LogP contribution is 2.29. The van der Waals surface area contributed by atoms with E-state index in [4.69, 9.17) is 15.2 Å². The highest BCUT2D eigenvalue weighted by Gasteiger charge is 2.33. The topological polar surface area (TPSA) is 138 Å². The third kappa shape index (κ3) is 4.25. The van der Waals surface area contributed by atoms with Gasteiger partial charge in [0.05, 0.1) is 12.2 Å². The molecule has 4 rings (SSSR count). The van der Waals surface area contributed by atoms with Crippen LogP contribution in [-0.4, -0.2) is 62.6 Å². The lowest BCUT2D eigenvalue weighted by molar-refractivity contribution is -0.147. The molecule has 3 heterocycles. The first-order valence-electron chi connectivity index (χ1n) is 9.72. The first-order valence-corrected chi connectivity index (χ1v) is 9.72. The number of nitrogens with zero attached hydrogens (tertiary/aromatic N) is 6. The van der Waals surface area contributed by atoms with Gasteiger partial charge in [0.1, 0.15) is 24.2 Å². The van der Waals surface area contributed by atoms with Crippen molar-refractivity contribution >= 4 is 17.7 Å². The number of hydrogen-bond acceptors (Lipinski definition) is 9. The lowest BCUT2D eigenvalue weighted by atomic mass is 10.1. The molecular weight excluding hydrogens is 421 g/mol. The number of anilines is 1. The van der Waals surface area contributed by atoms with Gasteiger partial charge in [-0.05, 0) is 41.6 Å². The van der Waals surface area contributed by atoms with Crippen LogP contribution in [0.15, 0.2) is 36.5 Å². The number of hydrogen-bond donors (Lipinski definition) is 1. The number of aryl methyl sites for hydroxylation is 1. The minimum Gasteiger partial charge on any atom is -0.461 e. The van der Waals surface area contributed by atoms with Crippen LogP contribution in [0.4, 0.5) is 14.9 Å². The molecule has 32 heavy (non-hydrogen) atoms. The normalized spacial score (nSPS) is 16.7. The van der Waals surface area contributed by atoms with Crippen molar-refractivity contribution in [2.24, 2.45) is 12.8 Å². The lowest BCUT2D eigenvalue weighted by Crippen LogP contribution is -2.32. The molecule has 2 atom stereocenters. The predicted octanol–water partition coefficient (Wildman–Crippen LogP) is 1.29. The second-order valence-electron chi connectivity index (χ2n) is 7.26. The van der Waals surface area contributed by atoms with Gasteiger partial charge >= 0.3 is 12.1 Å². The van der Waals surface area contributed by atoms with E-state index in [1.54, 1.807) is 31.3 Å². The number of amides is 1. The summed E-state index contributed by atoms with van der Waals surface area (Å²) in [5.41, 5.74) is 7.18. The summed E-state index contributed by atoms with van der Waals surface area (Å²) in [6, 6.07) is 7.04. The van der Waals surface area contributed by atoms with E-state index in [-0.39, 0.29) is 13.2 Å². The maximum absolute atomic E-state index is 14.9. The van der Waals surface area contributed by atoms with Crippen LogP contribution in [0.25, 0.3) is 22.6 Å². The van der Waals surface area contributed by atoms with E-state index in [1.807, 2.05) is 0 Å². The highest BCUT2D eigenvalue weighted by molar-refractivity contribution is 5.90. The summed E-state index contributed by atoms with van der Waals surface area (Å²) in [7, 11) is 1.69. The minimum atomic E-state index is -0.773. The minimum absolute atomic E-state index is 0.117. The van der Waals surface area contributed by atoms with E-state index in [9.17, 15) is 14.0 Å². The maximum Gasteiger partial charge on any atom is 0.414 e. The summed E-state index contributed by atoms with van der Waals surface area (Å²) >= 11 is 0. The number of tetrazole rings is 1. The Labute approximate surface area is 181 Å². The molecule has 0 spiro atoms. The molecule has 1 amide bonds.